The number of allylic oxidation sites excluding steroid dienone is 5. The van der Waals surface area contributed by atoms with Crippen LogP contribution in [-0.2, 0) is 6.42 Å². The van der Waals surface area contributed by atoms with Crippen molar-refractivity contribution in [2.24, 2.45) is 0 Å². The Morgan fingerprint density at radius 2 is 1.23 bits per heavy atom. The number of aromatic nitrogens is 5. The van der Waals surface area contributed by atoms with Crippen molar-refractivity contribution in [3.8, 4) is 45.3 Å². The maximum atomic E-state index is 4.92. The second kappa shape index (κ2) is 12.6. The maximum absolute atomic E-state index is 4.92. The maximum Gasteiger partial charge on any atom is 0.196 e. The Kier molecular flexibility index (Phi) is 7.29. The van der Waals surface area contributed by atoms with Gasteiger partial charge in [-0.25, -0.2) is 15.0 Å². The monoisotopic (exact) mass is 679 g/mol. The normalized spacial score (nSPS) is 13.9. The summed E-state index contributed by atoms with van der Waals surface area (Å²) in [5.74, 6) is 1.30. The fraction of sp³-hybridized carbons (Fsp3) is 0.0208. The van der Waals surface area contributed by atoms with Crippen molar-refractivity contribution in [2.75, 3.05) is 0 Å². The van der Waals surface area contributed by atoms with Gasteiger partial charge in [0, 0.05) is 34.5 Å². The Bertz CT molecular complexity index is 2920. The summed E-state index contributed by atoms with van der Waals surface area (Å²) in [4.78, 5) is 14.0. The van der Waals surface area contributed by atoms with Crippen LogP contribution in [0.15, 0.2) is 183 Å². The molecule has 1 aliphatic carbocycles. The molecule has 3 aromatic heterocycles. The summed E-state index contributed by atoms with van der Waals surface area (Å²) in [5.41, 5.74) is 14.6. The molecule has 3 heterocycles. The lowest BCUT2D eigenvalue weighted by atomic mass is 9.88. The molecule has 9 aromatic rings. The third-order valence-corrected chi connectivity index (χ3v) is 10.3. The Balaban J connectivity index is 1.09. The van der Waals surface area contributed by atoms with Gasteiger partial charge >= 0.3 is 0 Å². The minimum atomic E-state index is 0.588. The van der Waals surface area contributed by atoms with E-state index >= 15 is 0 Å². The van der Waals surface area contributed by atoms with Crippen LogP contribution in [0.3, 0.4) is 0 Å². The van der Waals surface area contributed by atoms with Gasteiger partial charge in [-0.1, -0.05) is 104 Å². The highest BCUT2D eigenvalue weighted by atomic mass is 15.1. The lowest BCUT2D eigenvalue weighted by Crippen LogP contribution is -2.01. The quantitative estimate of drug-likeness (QED) is 0.186. The molecule has 53 heavy (non-hydrogen) atoms. The first-order valence-corrected chi connectivity index (χ1v) is 17.9. The van der Waals surface area contributed by atoms with E-state index in [4.69, 9.17) is 4.98 Å². The molecular weight excluding hydrogens is 647 g/mol. The van der Waals surface area contributed by atoms with Gasteiger partial charge in [-0.2, -0.15) is 0 Å². The van der Waals surface area contributed by atoms with Crippen molar-refractivity contribution in [3.63, 3.8) is 0 Å². The van der Waals surface area contributed by atoms with Gasteiger partial charge in [0.1, 0.15) is 0 Å². The molecule has 0 bridgehead atoms. The first-order valence-electron chi connectivity index (χ1n) is 17.9. The van der Waals surface area contributed by atoms with Crippen molar-refractivity contribution >= 4 is 38.4 Å². The van der Waals surface area contributed by atoms with Gasteiger partial charge in [0.05, 0.1) is 22.1 Å². The molecule has 0 atom stereocenters. The molecule has 0 saturated carbocycles. The minimum Gasteiger partial charge on any atom is -0.309 e. The van der Waals surface area contributed by atoms with Gasteiger partial charge in [0.15, 0.2) is 11.6 Å². The summed E-state index contributed by atoms with van der Waals surface area (Å²) in [7, 11) is 0. The van der Waals surface area contributed by atoms with Gasteiger partial charge in [-0.05, 0) is 112 Å². The summed E-state index contributed by atoms with van der Waals surface area (Å²) in [6, 6.07) is 49.7. The summed E-state index contributed by atoms with van der Waals surface area (Å²) in [6.45, 7) is 4.43. The predicted octanol–water partition coefficient (Wildman–Crippen LogP) is 11.6. The molecule has 250 valence electrons. The van der Waals surface area contributed by atoms with Crippen LogP contribution in [0.2, 0.25) is 0 Å². The molecule has 0 N–H and O–H groups in total. The third kappa shape index (κ3) is 5.21. The largest absolute Gasteiger partial charge is 0.309 e. The second-order valence-electron chi connectivity index (χ2n) is 13.4. The zero-order valence-electron chi connectivity index (χ0n) is 28.9. The standard InChI is InChI=1S/C48H33N5/c1-32-12-3-2-4-13-33-14-5-6-15-39(33)41-30-34(20-26-38(32)41)35-21-27-45-42(31-35)40-16-7-9-18-44(40)52(45)36-22-24-37(25-23-36)53-46-19-10-8-17-43(46)51-48(53)47-49-28-11-29-50-47/h2-12,14-31H,1,13H2/b4-2-,12-3-. The van der Waals surface area contributed by atoms with Gasteiger partial charge in [0.25, 0.3) is 0 Å². The molecule has 0 saturated heterocycles. The van der Waals surface area contributed by atoms with Crippen molar-refractivity contribution in [2.45, 2.75) is 6.42 Å². The number of fused-ring (bicyclic) bond motifs is 7. The average Bonchev–Trinajstić information content (AvgIpc) is 3.77. The number of imidazole rings is 1. The average molecular weight is 680 g/mol. The van der Waals surface area contributed by atoms with Gasteiger partial charge < -0.3 is 4.57 Å². The van der Waals surface area contributed by atoms with E-state index in [1.54, 1.807) is 12.4 Å². The van der Waals surface area contributed by atoms with Crippen LogP contribution in [0.1, 0.15) is 11.1 Å². The predicted molar refractivity (Wildman–Crippen MR) is 218 cm³/mol. The van der Waals surface area contributed by atoms with E-state index in [-0.39, 0.29) is 0 Å². The zero-order chi connectivity index (χ0) is 35.3. The Labute approximate surface area is 307 Å². The van der Waals surface area contributed by atoms with E-state index < -0.39 is 0 Å². The van der Waals surface area contributed by atoms with Crippen LogP contribution < -0.4 is 0 Å². The Morgan fingerprint density at radius 1 is 0.528 bits per heavy atom. The highest BCUT2D eigenvalue weighted by Crippen LogP contribution is 2.39. The smallest absolute Gasteiger partial charge is 0.196 e. The molecular formula is C48H33N5. The molecule has 5 heteroatoms. The fourth-order valence-electron chi connectivity index (χ4n) is 7.76. The Hall–Kier alpha value is -7.11. The summed E-state index contributed by atoms with van der Waals surface area (Å²) in [5, 5.41) is 2.43. The van der Waals surface area contributed by atoms with Crippen LogP contribution in [-0.4, -0.2) is 24.1 Å². The summed E-state index contributed by atoms with van der Waals surface area (Å²) >= 11 is 0. The van der Waals surface area contributed by atoms with Crippen molar-refractivity contribution in [3.05, 3.63) is 194 Å². The summed E-state index contributed by atoms with van der Waals surface area (Å²) < 4.78 is 4.50. The van der Waals surface area contributed by atoms with E-state index in [9.17, 15) is 0 Å². The molecule has 0 unspecified atom stereocenters. The highest BCUT2D eigenvalue weighted by Gasteiger charge is 2.18. The summed E-state index contributed by atoms with van der Waals surface area (Å²) in [6.07, 6.45) is 12.9. The molecule has 0 fully saturated rings. The van der Waals surface area contributed by atoms with Crippen molar-refractivity contribution in [1.82, 2.24) is 24.1 Å². The molecule has 0 radical (unpaired) electrons. The topological polar surface area (TPSA) is 48.5 Å². The SMILES string of the molecule is C=C1/C=C\C=C/Cc2ccccc2-c2cc(-c3ccc4c(c3)c3ccccc3n4-c3ccc(-n4c(-c5ncccn5)nc5ccccc54)cc3)ccc21. The lowest BCUT2D eigenvalue weighted by molar-refractivity contribution is 1.04. The Morgan fingerprint density at radius 3 is 2.09 bits per heavy atom. The molecule has 6 aromatic carbocycles. The number of nitrogens with zero attached hydrogens (tertiary/aromatic N) is 5. The van der Waals surface area contributed by atoms with Crippen LogP contribution >= 0.6 is 0 Å². The number of hydrogen-bond donors (Lipinski definition) is 0. The fourth-order valence-corrected chi connectivity index (χ4v) is 7.76. The van der Waals surface area contributed by atoms with Crippen LogP contribution in [0.25, 0.3) is 83.7 Å². The van der Waals surface area contributed by atoms with E-state index in [1.165, 1.54) is 38.6 Å². The minimum absolute atomic E-state index is 0.588. The van der Waals surface area contributed by atoms with Gasteiger partial charge in [0.2, 0.25) is 0 Å². The zero-order valence-corrected chi connectivity index (χ0v) is 28.9. The van der Waals surface area contributed by atoms with E-state index in [0.29, 0.717) is 11.6 Å². The second-order valence-corrected chi connectivity index (χ2v) is 13.4. The van der Waals surface area contributed by atoms with Crippen molar-refractivity contribution < 1.29 is 0 Å². The molecule has 10 rings (SSSR count). The van der Waals surface area contributed by atoms with Crippen molar-refractivity contribution in [1.29, 1.82) is 0 Å². The van der Waals surface area contributed by atoms with E-state index in [1.807, 2.05) is 24.3 Å². The van der Waals surface area contributed by atoms with Gasteiger partial charge in [-0.3, -0.25) is 4.57 Å². The van der Waals surface area contributed by atoms with Gasteiger partial charge in [-0.15, -0.1) is 0 Å². The van der Waals surface area contributed by atoms with Crippen LogP contribution in [0.5, 0.6) is 0 Å². The van der Waals surface area contributed by atoms with E-state index in [2.05, 4.69) is 165 Å². The van der Waals surface area contributed by atoms with E-state index in [0.717, 1.165) is 51.0 Å². The van der Waals surface area contributed by atoms with Crippen LogP contribution in [0, 0.1) is 0 Å². The third-order valence-electron chi connectivity index (χ3n) is 10.3. The highest BCUT2D eigenvalue weighted by molar-refractivity contribution is 6.10. The first-order chi connectivity index (χ1) is 26.2. The molecule has 5 nitrogen and oxygen atoms in total. The molecule has 0 aliphatic heterocycles. The lowest BCUT2D eigenvalue weighted by Gasteiger charge is -2.16. The molecule has 0 spiro atoms. The molecule has 0 amide bonds. The number of para-hydroxylation sites is 3. The first kappa shape index (κ1) is 30.7. The molecule has 1 aliphatic rings. The number of benzene rings is 6. The number of hydrogen-bond acceptors (Lipinski definition) is 3. The number of rotatable bonds is 4. The van der Waals surface area contributed by atoms with Crippen LogP contribution in [0.4, 0.5) is 0 Å².